The Kier molecular flexibility index (Phi) is 4.00. The highest BCUT2D eigenvalue weighted by Gasteiger charge is 2.20. The molecule has 1 aliphatic rings. The molecule has 0 bridgehead atoms. The molecule has 0 saturated heterocycles. The summed E-state index contributed by atoms with van der Waals surface area (Å²) in [6.45, 7) is 4.09. The van der Waals surface area contributed by atoms with Gasteiger partial charge in [0.1, 0.15) is 6.10 Å². The van der Waals surface area contributed by atoms with Gasteiger partial charge in [-0.25, -0.2) is 4.79 Å². The highest BCUT2D eigenvalue weighted by Crippen LogP contribution is 2.19. The van der Waals surface area contributed by atoms with E-state index in [1.54, 1.807) is 0 Å². The number of ether oxygens (including phenoxy) is 1. The molecule has 0 N–H and O–H groups in total. The molecule has 1 aliphatic heterocycles. The summed E-state index contributed by atoms with van der Waals surface area (Å²) in [5.74, 6) is -0.107. The lowest BCUT2D eigenvalue weighted by atomic mass is 10.1. The van der Waals surface area contributed by atoms with Gasteiger partial charge in [-0.3, -0.25) is 0 Å². The summed E-state index contributed by atoms with van der Waals surface area (Å²) < 4.78 is 5.00. The average molecular weight is 182 g/mol. The van der Waals surface area contributed by atoms with Crippen LogP contribution in [-0.4, -0.2) is 12.1 Å². The minimum atomic E-state index is -0.107. The van der Waals surface area contributed by atoms with E-state index in [0.29, 0.717) is 0 Å². The number of cyclic esters (lactones) is 1. The van der Waals surface area contributed by atoms with Crippen molar-refractivity contribution in [1.29, 1.82) is 0 Å². The predicted octanol–water partition coefficient (Wildman–Crippen LogP) is 2.83. The Morgan fingerprint density at radius 3 is 2.69 bits per heavy atom. The number of hydrogen-bond acceptors (Lipinski definition) is 2. The minimum Gasteiger partial charge on any atom is -0.455 e. The minimum absolute atomic E-state index is 0.00586. The smallest absolute Gasteiger partial charge is 0.334 e. The second-order valence-electron chi connectivity index (χ2n) is 3.61. The van der Waals surface area contributed by atoms with E-state index in [4.69, 9.17) is 4.74 Å². The highest BCUT2D eigenvalue weighted by molar-refractivity contribution is 5.90. The first-order valence-corrected chi connectivity index (χ1v) is 5.15. The van der Waals surface area contributed by atoms with Crippen LogP contribution in [0.4, 0.5) is 0 Å². The van der Waals surface area contributed by atoms with Gasteiger partial charge in [0.25, 0.3) is 0 Å². The lowest BCUT2D eigenvalue weighted by Gasteiger charge is -1.99. The molecular weight excluding hydrogens is 164 g/mol. The second-order valence-corrected chi connectivity index (χ2v) is 3.61. The van der Waals surface area contributed by atoms with Gasteiger partial charge in [-0.2, -0.15) is 0 Å². The van der Waals surface area contributed by atoms with Crippen molar-refractivity contribution in [2.24, 2.45) is 0 Å². The molecule has 2 heteroatoms. The Bertz CT molecular complexity index is 206. The third kappa shape index (κ3) is 3.21. The monoisotopic (exact) mass is 182 g/mol. The van der Waals surface area contributed by atoms with E-state index >= 15 is 0 Å². The van der Waals surface area contributed by atoms with Crippen molar-refractivity contribution < 1.29 is 9.53 Å². The van der Waals surface area contributed by atoms with E-state index in [2.05, 4.69) is 6.92 Å². The van der Waals surface area contributed by atoms with E-state index in [-0.39, 0.29) is 12.1 Å². The van der Waals surface area contributed by atoms with Gasteiger partial charge >= 0.3 is 5.97 Å². The normalized spacial score (nSPS) is 21.5. The summed E-state index contributed by atoms with van der Waals surface area (Å²) >= 11 is 0. The van der Waals surface area contributed by atoms with Gasteiger partial charge in [0, 0.05) is 5.57 Å². The van der Waals surface area contributed by atoms with Crippen molar-refractivity contribution in [3.8, 4) is 0 Å². The lowest BCUT2D eigenvalue weighted by molar-refractivity contribution is -0.139. The first-order valence-electron chi connectivity index (χ1n) is 5.15. The molecule has 0 spiro atoms. The third-order valence-electron chi connectivity index (χ3n) is 2.29. The zero-order valence-electron chi connectivity index (χ0n) is 8.51. The molecule has 0 aromatic heterocycles. The quantitative estimate of drug-likeness (QED) is 0.482. The van der Waals surface area contributed by atoms with Gasteiger partial charge in [-0.1, -0.05) is 26.2 Å². The Hall–Kier alpha value is -0.790. The molecule has 0 fully saturated rings. The van der Waals surface area contributed by atoms with E-state index < -0.39 is 0 Å². The van der Waals surface area contributed by atoms with Gasteiger partial charge in [-0.05, 0) is 25.8 Å². The number of unbranched alkanes of at least 4 members (excludes halogenated alkanes) is 3. The highest BCUT2D eigenvalue weighted by atomic mass is 16.5. The summed E-state index contributed by atoms with van der Waals surface area (Å²) in [5.41, 5.74) is 0.878. The molecular formula is C11H18O2. The molecule has 0 radical (unpaired) electrons. The van der Waals surface area contributed by atoms with Crippen LogP contribution in [0.3, 0.4) is 0 Å². The molecule has 0 aliphatic carbocycles. The SMILES string of the molecule is CCCCCCC1=C[C@H](C)OC1=O. The van der Waals surface area contributed by atoms with Crippen LogP contribution in [-0.2, 0) is 9.53 Å². The molecule has 13 heavy (non-hydrogen) atoms. The summed E-state index contributed by atoms with van der Waals surface area (Å²) in [7, 11) is 0. The molecule has 1 heterocycles. The molecule has 0 aromatic carbocycles. The first kappa shape index (κ1) is 10.3. The van der Waals surface area contributed by atoms with Gasteiger partial charge in [0.05, 0.1) is 0 Å². The van der Waals surface area contributed by atoms with Crippen LogP contribution in [0.1, 0.15) is 46.0 Å². The lowest BCUT2D eigenvalue weighted by Crippen LogP contribution is -2.03. The van der Waals surface area contributed by atoms with Crippen LogP contribution >= 0.6 is 0 Å². The molecule has 0 unspecified atom stereocenters. The predicted molar refractivity (Wildman–Crippen MR) is 52.4 cm³/mol. The fraction of sp³-hybridized carbons (Fsp3) is 0.727. The maximum Gasteiger partial charge on any atom is 0.334 e. The summed E-state index contributed by atoms with van der Waals surface area (Å²) in [5, 5.41) is 0. The fourth-order valence-electron chi connectivity index (χ4n) is 1.56. The van der Waals surface area contributed by atoms with Crippen molar-refractivity contribution in [1.82, 2.24) is 0 Å². The van der Waals surface area contributed by atoms with Gasteiger partial charge in [-0.15, -0.1) is 0 Å². The second kappa shape index (κ2) is 5.05. The van der Waals surface area contributed by atoms with Crippen LogP contribution in [0.25, 0.3) is 0 Å². The van der Waals surface area contributed by atoms with Crippen molar-refractivity contribution in [2.75, 3.05) is 0 Å². The van der Waals surface area contributed by atoms with Gasteiger partial charge in [0.2, 0.25) is 0 Å². The van der Waals surface area contributed by atoms with E-state index in [9.17, 15) is 4.79 Å². The maximum absolute atomic E-state index is 11.2. The summed E-state index contributed by atoms with van der Waals surface area (Å²) in [6, 6.07) is 0. The van der Waals surface area contributed by atoms with Crippen molar-refractivity contribution in [2.45, 2.75) is 52.1 Å². The first-order chi connectivity index (χ1) is 6.24. The van der Waals surface area contributed by atoms with E-state index in [0.717, 1.165) is 18.4 Å². The van der Waals surface area contributed by atoms with Gasteiger partial charge in [0.15, 0.2) is 0 Å². The molecule has 0 amide bonds. The van der Waals surface area contributed by atoms with Crippen molar-refractivity contribution >= 4 is 5.97 Å². The molecule has 1 atom stereocenters. The van der Waals surface area contributed by atoms with Gasteiger partial charge < -0.3 is 4.74 Å². The van der Waals surface area contributed by atoms with E-state index in [1.165, 1.54) is 19.3 Å². The number of carbonyl (C=O) groups excluding carboxylic acids is 1. The third-order valence-corrected chi connectivity index (χ3v) is 2.29. The van der Waals surface area contributed by atoms with Crippen LogP contribution in [0, 0.1) is 0 Å². The Labute approximate surface area is 80.0 Å². The van der Waals surface area contributed by atoms with Crippen molar-refractivity contribution in [3.05, 3.63) is 11.6 Å². The fourth-order valence-corrected chi connectivity index (χ4v) is 1.56. The Balaban J connectivity index is 2.21. The summed E-state index contributed by atoms with van der Waals surface area (Å²) in [6.07, 6.45) is 7.65. The number of esters is 1. The van der Waals surface area contributed by atoms with Crippen LogP contribution < -0.4 is 0 Å². The molecule has 0 saturated carbocycles. The zero-order valence-corrected chi connectivity index (χ0v) is 8.51. The number of carbonyl (C=O) groups is 1. The maximum atomic E-state index is 11.2. The summed E-state index contributed by atoms with van der Waals surface area (Å²) in [4.78, 5) is 11.2. The van der Waals surface area contributed by atoms with Crippen LogP contribution in [0.5, 0.6) is 0 Å². The van der Waals surface area contributed by atoms with Crippen LogP contribution in [0.15, 0.2) is 11.6 Å². The molecule has 2 nitrogen and oxygen atoms in total. The topological polar surface area (TPSA) is 26.3 Å². The van der Waals surface area contributed by atoms with Crippen LogP contribution in [0.2, 0.25) is 0 Å². The molecule has 0 aromatic rings. The number of hydrogen-bond donors (Lipinski definition) is 0. The molecule has 1 rings (SSSR count). The van der Waals surface area contributed by atoms with Crippen molar-refractivity contribution in [3.63, 3.8) is 0 Å². The zero-order chi connectivity index (χ0) is 9.68. The number of rotatable bonds is 5. The Morgan fingerprint density at radius 1 is 1.38 bits per heavy atom. The average Bonchev–Trinajstić information content (AvgIpc) is 2.39. The van der Waals surface area contributed by atoms with E-state index in [1.807, 2.05) is 13.0 Å². The largest absolute Gasteiger partial charge is 0.455 e. The molecule has 74 valence electrons. The standard InChI is InChI=1S/C11H18O2/c1-3-4-5-6-7-10-8-9(2)13-11(10)12/h8-9H,3-7H2,1-2H3/t9-/m0/s1. The Morgan fingerprint density at radius 2 is 2.15 bits per heavy atom.